The van der Waals surface area contributed by atoms with E-state index in [1.807, 2.05) is 43.3 Å². The van der Waals surface area contributed by atoms with Crippen molar-refractivity contribution in [2.45, 2.75) is 32.6 Å². The van der Waals surface area contributed by atoms with Gasteiger partial charge in [0.1, 0.15) is 0 Å². The first-order valence-corrected chi connectivity index (χ1v) is 8.56. The number of anilines is 1. The summed E-state index contributed by atoms with van der Waals surface area (Å²) in [6, 6.07) is 7.51. The van der Waals surface area contributed by atoms with E-state index < -0.39 is 5.91 Å². The zero-order chi connectivity index (χ0) is 18.1. The van der Waals surface area contributed by atoms with E-state index in [1.54, 1.807) is 0 Å². The van der Waals surface area contributed by atoms with E-state index >= 15 is 0 Å². The molecule has 0 bridgehead atoms. The normalized spacial score (nSPS) is 16.1. The number of ether oxygens (including phenoxy) is 1. The Balaban J connectivity index is 1.69. The maximum absolute atomic E-state index is 11.9. The lowest BCUT2D eigenvalue weighted by atomic mass is 9.95. The van der Waals surface area contributed by atoms with Gasteiger partial charge in [-0.15, -0.1) is 0 Å². The van der Waals surface area contributed by atoms with Gasteiger partial charge in [0.25, 0.3) is 5.91 Å². The molecule has 2 N–H and O–H groups in total. The molecular weight excluding hydrogens is 320 g/mol. The molecule has 1 atom stereocenters. The number of hydrogen-bond acceptors (Lipinski definition) is 4. The molecule has 0 saturated carbocycles. The van der Waals surface area contributed by atoms with Crippen LogP contribution in [0.2, 0.25) is 0 Å². The number of carbonyl (C=O) groups is 3. The van der Waals surface area contributed by atoms with Crippen LogP contribution < -0.4 is 10.6 Å². The predicted molar refractivity (Wildman–Crippen MR) is 94.9 cm³/mol. The predicted octanol–water partition coefficient (Wildman–Crippen LogP) is 2.20. The summed E-state index contributed by atoms with van der Waals surface area (Å²) in [5, 5.41) is 5.22. The van der Waals surface area contributed by atoms with E-state index in [-0.39, 0.29) is 30.9 Å². The first kappa shape index (κ1) is 18.7. The highest BCUT2D eigenvalue weighted by atomic mass is 16.5. The molecule has 1 aromatic carbocycles. The molecule has 0 aromatic heterocycles. The molecule has 134 valence electrons. The van der Waals surface area contributed by atoms with Gasteiger partial charge < -0.3 is 15.4 Å². The smallest absolute Gasteiger partial charge is 0.309 e. The minimum Gasteiger partial charge on any atom is -0.455 e. The van der Waals surface area contributed by atoms with Crippen LogP contribution in [0.3, 0.4) is 0 Å². The van der Waals surface area contributed by atoms with Crippen LogP contribution in [0, 0.1) is 5.92 Å². The topological polar surface area (TPSA) is 84.5 Å². The van der Waals surface area contributed by atoms with Gasteiger partial charge in [-0.25, -0.2) is 0 Å². The SMILES string of the molecule is CCc1ccccc1NC(=O)CNC(=O)COC(=O)[C@H]1CC=CCC1. The maximum Gasteiger partial charge on any atom is 0.309 e. The maximum atomic E-state index is 11.9. The van der Waals surface area contributed by atoms with E-state index in [4.69, 9.17) is 4.74 Å². The van der Waals surface area contributed by atoms with E-state index in [0.717, 1.165) is 30.5 Å². The lowest BCUT2D eigenvalue weighted by Crippen LogP contribution is -2.36. The molecule has 2 amide bonds. The molecule has 0 radical (unpaired) electrons. The van der Waals surface area contributed by atoms with Crippen molar-refractivity contribution in [2.24, 2.45) is 5.92 Å². The first-order valence-electron chi connectivity index (χ1n) is 8.56. The van der Waals surface area contributed by atoms with Crippen molar-refractivity contribution in [3.63, 3.8) is 0 Å². The van der Waals surface area contributed by atoms with Crippen molar-refractivity contribution in [1.82, 2.24) is 5.32 Å². The van der Waals surface area contributed by atoms with Crippen LogP contribution in [-0.4, -0.2) is 30.9 Å². The molecule has 0 unspecified atom stereocenters. The minimum atomic E-state index is -0.487. The van der Waals surface area contributed by atoms with Crippen LogP contribution in [0.15, 0.2) is 36.4 Å². The Hall–Kier alpha value is -2.63. The van der Waals surface area contributed by atoms with Gasteiger partial charge in [-0.3, -0.25) is 14.4 Å². The summed E-state index contributed by atoms with van der Waals surface area (Å²) in [6.45, 7) is 1.47. The fourth-order valence-electron chi connectivity index (χ4n) is 2.64. The van der Waals surface area contributed by atoms with Gasteiger partial charge in [0, 0.05) is 5.69 Å². The zero-order valence-electron chi connectivity index (χ0n) is 14.4. The highest BCUT2D eigenvalue weighted by Gasteiger charge is 2.21. The van der Waals surface area contributed by atoms with Gasteiger partial charge in [-0.05, 0) is 37.3 Å². The van der Waals surface area contributed by atoms with Crippen molar-refractivity contribution >= 4 is 23.5 Å². The standard InChI is InChI=1S/C19H24N2O4/c1-2-14-8-6-7-11-16(14)21-17(22)12-20-18(23)13-25-19(24)15-9-4-3-5-10-15/h3-4,6-8,11,15H,2,5,9-10,12-13H2,1H3,(H,20,23)(H,21,22)/t15-/m0/s1. The summed E-state index contributed by atoms with van der Waals surface area (Å²) in [7, 11) is 0. The van der Waals surface area contributed by atoms with Gasteiger partial charge in [0.05, 0.1) is 12.5 Å². The fraction of sp³-hybridized carbons (Fsp3) is 0.421. The van der Waals surface area contributed by atoms with Crippen LogP contribution in [-0.2, 0) is 25.5 Å². The van der Waals surface area contributed by atoms with Crippen molar-refractivity contribution in [3.8, 4) is 0 Å². The fourth-order valence-corrected chi connectivity index (χ4v) is 2.64. The third kappa shape index (κ3) is 6.06. The molecule has 0 heterocycles. The Kier molecular flexibility index (Phi) is 7.19. The molecule has 6 nitrogen and oxygen atoms in total. The molecule has 0 spiro atoms. The highest BCUT2D eigenvalue weighted by molar-refractivity contribution is 5.95. The Morgan fingerprint density at radius 3 is 2.68 bits per heavy atom. The van der Waals surface area contributed by atoms with E-state index in [2.05, 4.69) is 10.6 Å². The molecule has 1 aliphatic rings. The second kappa shape index (κ2) is 9.61. The quantitative estimate of drug-likeness (QED) is 0.587. The van der Waals surface area contributed by atoms with Crippen molar-refractivity contribution in [3.05, 3.63) is 42.0 Å². The second-order valence-electron chi connectivity index (χ2n) is 5.92. The summed E-state index contributed by atoms with van der Waals surface area (Å²) in [6.07, 6.45) is 7.04. The number of esters is 1. The van der Waals surface area contributed by atoms with Crippen LogP contribution >= 0.6 is 0 Å². The molecule has 0 aliphatic heterocycles. The lowest BCUT2D eigenvalue weighted by Gasteiger charge is -2.16. The summed E-state index contributed by atoms with van der Waals surface area (Å²) >= 11 is 0. The summed E-state index contributed by atoms with van der Waals surface area (Å²) in [5.41, 5.74) is 1.76. The van der Waals surface area contributed by atoms with Crippen LogP contribution in [0.1, 0.15) is 31.7 Å². The van der Waals surface area contributed by atoms with E-state index in [0.29, 0.717) is 6.42 Å². The lowest BCUT2D eigenvalue weighted by molar-refractivity contribution is -0.152. The Morgan fingerprint density at radius 2 is 1.96 bits per heavy atom. The average Bonchev–Trinajstić information content (AvgIpc) is 2.65. The molecule has 0 saturated heterocycles. The van der Waals surface area contributed by atoms with Crippen molar-refractivity contribution in [2.75, 3.05) is 18.5 Å². The van der Waals surface area contributed by atoms with Gasteiger partial charge in [-0.1, -0.05) is 37.3 Å². The molecule has 2 rings (SSSR count). The number of benzene rings is 1. The number of rotatable bonds is 7. The second-order valence-corrected chi connectivity index (χ2v) is 5.92. The van der Waals surface area contributed by atoms with Crippen LogP contribution in [0.5, 0.6) is 0 Å². The van der Waals surface area contributed by atoms with Gasteiger partial charge >= 0.3 is 5.97 Å². The van der Waals surface area contributed by atoms with Gasteiger partial charge in [-0.2, -0.15) is 0 Å². The molecule has 0 fully saturated rings. The Bertz CT molecular complexity index is 655. The molecule has 1 aliphatic carbocycles. The molecular formula is C19H24N2O4. The zero-order valence-corrected chi connectivity index (χ0v) is 14.4. The highest BCUT2D eigenvalue weighted by Crippen LogP contribution is 2.19. The Labute approximate surface area is 147 Å². The number of carbonyl (C=O) groups excluding carboxylic acids is 3. The number of para-hydroxylation sites is 1. The minimum absolute atomic E-state index is 0.166. The molecule has 1 aromatic rings. The summed E-state index contributed by atoms with van der Waals surface area (Å²) in [4.78, 5) is 35.5. The largest absolute Gasteiger partial charge is 0.455 e. The average molecular weight is 344 g/mol. The van der Waals surface area contributed by atoms with E-state index in [1.165, 1.54) is 0 Å². The third-order valence-corrected chi connectivity index (χ3v) is 4.07. The van der Waals surface area contributed by atoms with Crippen LogP contribution in [0.4, 0.5) is 5.69 Å². The summed E-state index contributed by atoms with van der Waals surface area (Å²) < 4.78 is 5.01. The number of aryl methyl sites for hydroxylation is 1. The monoisotopic (exact) mass is 344 g/mol. The third-order valence-electron chi connectivity index (χ3n) is 4.07. The number of allylic oxidation sites excluding steroid dienone is 2. The first-order chi connectivity index (χ1) is 12.1. The Morgan fingerprint density at radius 1 is 1.16 bits per heavy atom. The van der Waals surface area contributed by atoms with Gasteiger partial charge in [0.2, 0.25) is 5.91 Å². The van der Waals surface area contributed by atoms with Gasteiger partial charge in [0.15, 0.2) is 6.61 Å². The molecule has 25 heavy (non-hydrogen) atoms. The number of hydrogen-bond donors (Lipinski definition) is 2. The molecule has 6 heteroatoms. The van der Waals surface area contributed by atoms with Crippen LogP contribution in [0.25, 0.3) is 0 Å². The van der Waals surface area contributed by atoms with Crippen molar-refractivity contribution in [1.29, 1.82) is 0 Å². The van der Waals surface area contributed by atoms with E-state index in [9.17, 15) is 14.4 Å². The number of nitrogens with one attached hydrogen (secondary N) is 2. The summed E-state index contributed by atoms with van der Waals surface area (Å²) in [5.74, 6) is -1.34. The van der Waals surface area contributed by atoms with Crippen molar-refractivity contribution < 1.29 is 19.1 Å². The number of amides is 2.